The van der Waals surface area contributed by atoms with Gasteiger partial charge in [0.2, 0.25) is 5.91 Å². The minimum atomic E-state index is -1.13. The molecule has 2 aromatic rings. The first-order valence-corrected chi connectivity index (χ1v) is 13.1. The predicted molar refractivity (Wildman–Crippen MR) is 109 cm³/mol. The van der Waals surface area contributed by atoms with E-state index in [1.807, 2.05) is 11.0 Å². The summed E-state index contributed by atoms with van der Waals surface area (Å²) >= 11 is 0. The Kier molecular flexibility index (Phi) is 4.08. The van der Waals surface area contributed by atoms with E-state index in [-0.39, 0.29) is 5.91 Å². The van der Waals surface area contributed by atoms with Crippen LogP contribution in [0.15, 0.2) is 42.5 Å². The van der Waals surface area contributed by atoms with Crippen molar-refractivity contribution in [3.8, 4) is 0 Å². The second-order valence-electron chi connectivity index (χ2n) is 8.85. The molecule has 0 aromatic heterocycles. The molecule has 2 aromatic carbocycles. The number of hydrogen-bond acceptors (Lipinski definition) is 2. The van der Waals surface area contributed by atoms with Crippen LogP contribution >= 0.6 is 0 Å². The van der Waals surface area contributed by atoms with E-state index in [0.717, 1.165) is 30.3 Å². The molecule has 4 rings (SSSR count). The Morgan fingerprint density at radius 1 is 1.08 bits per heavy atom. The van der Waals surface area contributed by atoms with E-state index < -0.39 is 13.5 Å². The Balaban J connectivity index is 1.68. The molecule has 2 aliphatic rings. The fourth-order valence-electron chi connectivity index (χ4n) is 4.30. The standard InChI is InChI=1S/C22H27NO2Si/c1-22-18-10-6-5-8-16(18)14-17-9-7-11-19(20(17)22)23(21(22)24)15-25-12-13-26(2,3)4/h5-11H,12-15H2,1-4H3. The third-order valence-corrected chi connectivity index (χ3v) is 7.45. The first-order valence-electron chi connectivity index (χ1n) is 9.43. The zero-order chi connectivity index (χ0) is 18.5. The van der Waals surface area contributed by atoms with Gasteiger partial charge >= 0.3 is 0 Å². The van der Waals surface area contributed by atoms with Gasteiger partial charge in [-0.05, 0) is 47.7 Å². The number of hydrogen-bond donors (Lipinski definition) is 0. The summed E-state index contributed by atoms with van der Waals surface area (Å²) in [4.78, 5) is 15.4. The number of nitrogens with zero attached hydrogens (tertiary/aromatic N) is 1. The Hall–Kier alpha value is -1.91. The Morgan fingerprint density at radius 2 is 1.81 bits per heavy atom. The van der Waals surface area contributed by atoms with Gasteiger partial charge in [-0.2, -0.15) is 0 Å². The van der Waals surface area contributed by atoms with Crippen molar-refractivity contribution >= 4 is 19.7 Å². The zero-order valence-electron chi connectivity index (χ0n) is 16.1. The lowest BCUT2D eigenvalue weighted by Crippen LogP contribution is -2.42. The molecule has 1 heterocycles. The molecule has 0 radical (unpaired) electrons. The van der Waals surface area contributed by atoms with Gasteiger partial charge in [-0.1, -0.05) is 56.0 Å². The summed E-state index contributed by atoms with van der Waals surface area (Å²) < 4.78 is 5.95. The average Bonchev–Trinajstić information content (AvgIpc) is 2.81. The first-order chi connectivity index (χ1) is 12.3. The van der Waals surface area contributed by atoms with Gasteiger partial charge in [-0.25, -0.2) is 0 Å². The molecule has 1 aliphatic carbocycles. The number of benzene rings is 2. The van der Waals surface area contributed by atoms with Crippen molar-refractivity contribution in [2.24, 2.45) is 0 Å². The minimum absolute atomic E-state index is 0.139. The van der Waals surface area contributed by atoms with Crippen molar-refractivity contribution in [3.63, 3.8) is 0 Å². The fraction of sp³-hybridized carbons (Fsp3) is 0.409. The smallest absolute Gasteiger partial charge is 0.243 e. The Bertz CT molecular complexity index is 871. The number of carbonyl (C=O) groups is 1. The van der Waals surface area contributed by atoms with Crippen molar-refractivity contribution in [2.45, 2.75) is 44.4 Å². The molecule has 1 unspecified atom stereocenters. The molecular formula is C22H27NO2Si. The number of amides is 1. The van der Waals surface area contributed by atoms with Crippen LogP contribution < -0.4 is 4.90 Å². The monoisotopic (exact) mass is 365 g/mol. The van der Waals surface area contributed by atoms with Gasteiger partial charge in [-0.3, -0.25) is 9.69 Å². The van der Waals surface area contributed by atoms with Crippen LogP contribution in [0, 0.1) is 0 Å². The van der Waals surface area contributed by atoms with Crippen LogP contribution in [-0.2, 0) is 21.4 Å². The summed E-state index contributed by atoms with van der Waals surface area (Å²) in [7, 11) is -1.13. The van der Waals surface area contributed by atoms with Crippen LogP contribution in [0.2, 0.25) is 25.7 Å². The summed E-state index contributed by atoms with van der Waals surface area (Å²) in [5, 5.41) is 0. The van der Waals surface area contributed by atoms with E-state index in [0.29, 0.717) is 6.73 Å². The van der Waals surface area contributed by atoms with Crippen molar-refractivity contribution in [1.29, 1.82) is 0 Å². The lowest BCUT2D eigenvalue weighted by atomic mass is 9.68. The molecule has 0 spiro atoms. The number of carbonyl (C=O) groups excluding carboxylic acids is 1. The van der Waals surface area contributed by atoms with E-state index in [2.05, 4.69) is 63.0 Å². The normalized spacial score (nSPS) is 20.9. The van der Waals surface area contributed by atoms with Crippen molar-refractivity contribution in [3.05, 3.63) is 64.7 Å². The molecule has 1 atom stereocenters. The van der Waals surface area contributed by atoms with Gasteiger partial charge in [0.1, 0.15) is 6.73 Å². The topological polar surface area (TPSA) is 29.5 Å². The summed E-state index contributed by atoms with van der Waals surface area (Å²) in [5.74, 6) is 0.139. The molecule has 0 saturated heterocycles. The number of anilines is 1. The number of ether oxygens (including phenoxy) is 1. The molecule has 1 amide bonds. The summed E-state index contributed by atoms with van der Waals surface area (Å²) in [6.07, 6.45) is 0.895. The van der Waals surface area contributed by atoms with Gasteiger partial charge in [-0.15, -0.1) is 0 Å². The molecule has 0 saturated carbocycles. The van der Waals surface area contributed by atoms with Crippen LogP contribution in [0.5, 0.6) is 0 Å². The lowest BCUT2D eigenvalue weighted by molar-refractivity contribution is -0.122. The molecule has 3 nitrogen and oxygen atoms in total. The molecule has 1 aliphatic heterocycles. The van der Waals surface area contributed by atoms with Gasteiger partial charge in [0.05, 0.1) is 11.1 Å². The first kappa shape index (κ1) is 17.5. The summed E-state index contributed by atoms with van der Waals surface area (Å²) in [5.41, 5.74) is 5.28. The lowest BCUT2D eigenvalue weighted by Gasteiger charge is -2.32. The van der Waals surface area contributed by atoms with Gasteiger partial charge in [0.15, 0.2) is 0 Å². The van der Waals surface area contributed by atoms with Crippen LogP contribution in [-0.4, -0.2) is 27.3 Å². The highest BCUT2D eigenvalue weighted by molar-refractivity contribution is 6.76. The fourth-order valence-corrected chi connectivity index (χ4v) is 5.06. The maximum Gasteiger partial charge on any atom is 0.243 e. The summed E-state index contributed by atoms with van der Waals surface area (Å²) in [6, 6.07) is 15.8. The molecule has 0 N–H and O–H groups in total. The van der Waals surface area contributed by atoms with Crippen LogP contribution in [0.4, 0.5) is 5.69 Å². The highest BCUT2D eigenvalue weighted by atomic mass is 28.3. The van der Waals surface area contributed by atoms with E-state index in [9.17, 15) is 4.79 Å². The van der Waals surface area contributed by atoms with Gasteiger partial charge < -0.3 is 4.74 Å². The van der Waals surface area contributed by atoms with Crippen LogP contribution in [0.1, 0.15) is 29.2 Å². The Labute approximate surface area is 157 Å². The van der Waals surface area contributed by atoms with Crippen LogP contribution in [0.25, 0.3) is 0 Å². The van der Waals surface area contributed by atoms with Crippen molar-refractivity contribution in [2.75, 3.05) is 18.2 Å². The quantitative estimate of drug-likeness (QED) is 0.574. The number of fused-ring (bicyclic) bond motifs is 2. The summed E-state index contributed by atoms with van der Waals surface area (Å²) in [6.45, 7) is 10.2. The largest absolute Gasteiger partial charge is 0.361 e. The molecule has 26 heavy (non-hydrogen) atoms. The van der Waals surface area contributed by atoms with Gasteiger partial charge in [0, 0.05) is 14.7 Å². The average molecular weight is 366 g/mol. The maximum absolute atomic E-state index is 13.5. The third kappa shape index (κ3) is 2.63. The third-order valence-electron chi connectivity index (χ3n) is 5.75. The molecule has 136 valence electrons. The highest BCUT2D eigenvalue weighted by Gasteiger charge is 2.52. The van der Waals surface area contributed by atoms with E-state index in [1.54, 1.807) is 0 Å². The second kappa shape index (κ2) is 6.07. The van der Waals surface area contributed by atoms with Crippen molar-refractivity contribution < 1.29 is 9.53 Å². The van der Waals surface area contributed by atoms with Gasteiger partial charge in [0.25, 0.3) is 0 Å². The molecule has 0 fully saturated rings. The van der Waals surface area contributed by atoms with Crippen molar-refractivity contribution in [1.82, 2.24) is 0 Å². The molecule has 4 heteroatoms. The van der Waals surface area contributed by atoms with E-state index in [4.69, 9.17) is 4.74 Å². The molecule has 0 bridgehead atoms. The second-order valence-corrected chi connectivity index (χ2v) is 14.5. The highest BCUT2D eigenvalue weighted by Crippen LogP contribution is 2.51. The predicted octanol–water partition coefficient (Wildman–Crippen LogP) is 4.56. The molecular weight excluding hydrogens is 338 g/mol. The van der Waals surface area contributed by atoms with E-state index >= 15 is 0 Å². The zero-order valence-corrected chi connectivity index (χ0v) is 17.1. The Morgan fingerprint density at radius 3 is 2.58 bits per heavy atom. The van der Waals surface area contributed by atoms with Crippen LogP contribution in [0.3, 0.4) is 0 Å². The van der Waals surface area contributed by atoms with E-state index in [1.165, 1.54) is 16.7 Å². The number of rotatable bonds is 5. The maximum atomic E-state index is 13.5. The minimum Gasteiger partial charge on any atom is -0.361 e. The SMILES string of the molecule is CC12C(=O)N(COCC[Si](C)(C)C)c3cccc(c31)Cc1ccccc12.